The third-order valence-corrected chi connectivity index (χ3v) is 5.15. The predicted octanol–water partition coefficient (Wildman–Crippen LogP) is -1.25. The molecule has 0 spiro atoms. The summed E-state index contributed by atoms with van der Waals surface area (Å²) in [5.74, 6) is -0.253. The topological polar surface area (TPSA) is 58.3 Å². The van der Waals surface area contributed by atoms with Crippen LogP contribution in [0.4, 0.5) is 4.39 Å². The van der Waals surface area contributed by atoms with Crippen LogP contribution in [-0.4, -0.2) is 69.6 Å². The monoisotopic (exact) mass is 400 g/mol. The van der Waals surface area contributed by atoms with E-state index in [9.17, 15) is 14.0 Å². The molecule has 3 N–H and O–H groups in total. The fraction of sp³-hybridized carbons (Fsp3) is 0.579. The van der Waals surface area contributed by atoms with E-state index in [1.54, 1.807) is 12.1 Å². The van der Waals surface area contributed by atoms with Crippen LogP contribution < -0.4 is 15.1 Å². The van der Waals surface area contributed by atoms with Gasteiger partial charge >= 0.3 is 0 Å². The van der Waals surface area contributed by atoms with Gasteiger partial charge in [0.2, 0.25) is 0 Å². The molecule has 1 aliphatic rings. The van der Waals surface area contributed by atoms with Gasteiger partial charge in [-0.1, -0.05) is 24.6 Å². The van der Waals surface area contributed by atoms with Crippen LogP contribution in [0, 0.1) is 5.82 Å². The zero-order valence-corrected chi connectivity index (χ0v) is 16.9. The minimum absolute atomic E-state index is 0.0295. The molecule has 0 radical (unpaired) electrons. The second-order valence-corrected chi connectivity index (χ2v) is 7.58. The average molecular weight is 401 g/mol. The highest BCUT2D eigenvalue weighted by Gasteiger charge is 2.27. The van der Waals surface area contributed by atoms with Gasteiger partial charge in [0.15, 0.2) is 13.1 Å². The summed E-state index contributed by atoms with van der Waals surface area (Å²) in [6.45, 7) is 6.57. The lowest BCUT2D eigenvalue weighted by molar-refractivity contribution is -0.918. The SMILES string of the molecule is CCCNC(=O)C[NH+](C)CC(=O)N1CC[NH+](Cc2c(F)cccc2Cl)CC1. The number of halogens is 2. The summed E-state index contributed by atoms with van der Waals surface area (Å²) in [6, 6.07) is 4.73. The molecular formula is C19H30ClFN4O2+2. The van der Waals surface area contributed by atoms with E-state index in [4.69, 9.17) is 11.6 Å². The number of hydrogen-bond acceptors (Lipinski definition) is 2. The number of amides is 2. The lowest BCUT2D eigenvalue weighted by Gasteiger charge is -2.32. The van der Waals surface area contributed by atoms with Crippen molar-refractivity contribution in [3.8, 4) is 0 Å². The number of quaternary nitrogens is 2. The van der Waals surface area contributed by atoms with Gasteiger partial charge in [0.25, 0.3) is 11.8 Å². The predicted molar refractivity (Wildman–Crippen MR) is 102 cm³/mol. The summed E-state index contributed by atoms with van der Waals surface area (Å²) in [6.07, 6.45) is 0.897. The Labute approximate surface area is 165 Å². The van der Waals surface area contributed by atoms with Crippen LogP contribution in [0.2, 0.25) is 5.02 Å². The van der Waals surface area contributed by atoms with Crippen LogP contribution in [0.1, 0.15) is 18.9 Å². The number of benzene rings is 1. The first-order valence-electron chi connectivity index (χ1n) is 9.53. The number of nitrogens with one attached hydrogen (secondary N) is 3. The Morgan fingerprint density at radius 3 is 2.63 bits per heavy atom. The van der Waals surface area contributed by atoms with Crippen molar-refractivity contribution in [1.82, 2.24) is 10.2 Å². The van der Waals surface area contributed by atoms with Crippen molar-refractivity contribution in [2.24, 2.45) is 0 Å². The van der Waals surface area contributed by atoms with Gasteiger partial charge in [-0.15, -0.1) is 0 Å². The number of likely N-dealkylation sites (N-methyl/N-ethyl adjacent to an activating group) is 1. The molecule has 1 fully saturated rings. The molecule has 2 rings (SSSR count). The molecule has 0 aromatic heterocycles. The van der Waals surface area contributed by atoms with Crippen molar-refractivity contribution in [3.63, 3.8) is 0 Å². The quantitative estimate of drug-likeness (QED) is 0.510. The lowest BCUT2D eigenvalue weighted by Crippen LogP contribution is -3.14. The third-order valence-electron chi connectivity index (χ3n) is 4.80. The zero-order chi connectivity index (χ0) is 19.8. The summed E-state index contributed by atoms with van der Waals surface area (Å²) in [4.78, 5) is 28.1. The summed E-state index contributed by atoms with van der Waals surface area (Å²) >= 11 is 6.11. The zero-order valence-electron chi connectivity index (χ0n) is 16.1. The van der Waals surface area contributed by atoms with Gasteiger partial charge in [0.05, 0.1) is 43.8 Å². The molecule has 1 aliphatic heterocycles. The molecular weight excluding hydrogens is 371 g/mol. The van der Waals surface area contributed by atoms with Gasteiger partial charge in [0.1, 0.15) is 12.4 Å². The largest absolute Gasteiger partial charge is 0.351 e. The summed E-state index contributed by atoms with van der Waals surface area (Å²) < 4.78 is 13.9. The second kappa shape index (κ2) is 10.6. The Hall–Kier alpha value is -1.70. The van der Waals surface area contributed by atoms with Crippen molar-refractivity contribution in [2.75, 3.05) is 52.9 Å². The molecule has 1 saturated heterocycles. The molecule has 0 saturated carbocycles. The fourth-order valence-electron chi connectivity index (χ4n) is 3.23. The van der Waals surface area contributed by atoms with E-state index in [2.05, 4.69) is 5.32 Å². The maximum absolute atomic E-state index is 13.9. The Kier molecular flexibility index (Phi) is 8.47. The Balaban J connectivity index is 1.76. The van der Waals surface area contributed by atoms with E-state index in [1.807, 2.05) is 18.9 Å². The number of rotatable bonds is 8. The number of carbonyl (C=O) groups is 2. The van der Waals surface area contributed by atoms with Crippen LogP contribution >= 0.6 is 11.6 Å². The van der Waals surface area contributed by atoms with Crippen molar-refractivity contribution in [1.29, 1.82) is 0 Å². The maximum atomic E-state index is 13.9. The van der Waals surface area contributed by atoms with Crippen molar-refractivity contribution in [2.45, 2.75) is 19.9 Å². The molecule has 6 nitrogen and oxygen atoms in total. The van der Waals surface area contributed by atoms with Gasteiger partial charge in [-0.05, 0) is 18.6 Å². The minimum atomic E-state index is -0.278. The maximum Gasteiger partial charge on any atom is 0.278 e. The fourth-order valence-corrected chi connectivity index (χ4v) is 3.46. The van der Waals surface area contributed by atoms with E-state index >= 15 is 0 Å². The Bertz CT molecular complexity index is 630. The highest BCUT2D eigenvalue weighted by atomic mass is 35.5. The molecule has 150 valence electrons. The van der Waals surface area contributed by atoms with Crippen molar-refractivity contribution >= 4 is 23.4 Å². The van der Waals surface area contributed by atoms with Crippen LogP contribution in [0.15, 0.2) is 18.2 Å². The minimum Gasteiger partial charge on any atom is -0.351 e. The van der Waals surface area contributed by atoms with E-state index < -0.39 is 0 Å². The van der Waals surface area contributed by atoms with Gasteiger partial charge in [-0.25, -0.2) is 4.39 Å². The second-order valence-electron chi connectivity index (χ2n) is 7.17. The molecule has 1 heterocycles. The summed E-state index contributed by atoms with van der Waals surface area (Å²) in [5, 5.41) is 3.28. The molecule has 1 aromatic carbocycles. The normalized spacial score (nSPS) is 16.2. The van der Waals surface area contributed by atoms with Crippen molar-refractivity contribution in [3.05, 3.63) is 34.6 Å². The Morgan fingerprint density at radius 2 is 2.00 bits per heavy atom. The average Bonchev–Trinajstić information content (AvgIpc) is 2.63. The molecule has 8 heteroatoms. The summed E-state index contributed by atoms with van der Waals surface area (Å²) in [5.41, 5.74) is 0.538. The molecule has 27 heavy (non-hydrogen) atoms. The van der Waals surface area contributed by atoms with Crippen LogP contribution in [0.5, 0.6) is 0 Å². The molecule has 1 atom stereocenters. The molecule has 2 amide bonds. The van der Waals surface area contributed by atoms with Gasteiger partial charge in [0, 0.05) is 6.54 Å². The van der Waals surface area contributed by atoms with E-state index in [-0.39, 0.29) is 17.6 Å². The first-order valence-corrected chi connectivity index (χ1v) is 9.90. The lowest BCUT2D eigenvalue weighted by atomic mass is 10.2. The van der Waals surface area contributed by atoms with Gasteiger partial charge < -0.3 is 20.0 Å². The smallest absolute Gasteiger partial charge is 0.278 e. The highest BCUT2D eigenvalue weighted by molar-refractivity contribution is 6.31. The molecule has 1 unspecified atom stereocenters. The van der Waals surface area contributed by atoms with E-state index in [1.165, 1.54) is 11.0 Å². The van der Waals surface area contributed by atoms with Gasteiger partial charge in [-0.2, -0.15) is 0 Å². The molecule has 0 aliphatic carbocycles. The molecule has 0 bridgehead atoms. The van der Waals surface area contributed by atoms with Crippen LogP contribution in [0.3, 0.4) is 0 Å². The number of carbonyl (C=O) groups excluding carboxylic acids is 2. The Morgan fingerprint density at radius 1 is 1.30 bits per heavy atom. The van der Waals surface area contributed by atoms with E-state index in [0.717, 1.165) is 24.4 Å². The van der Waals surface area contributed by atoms with Crippen LogP contribution in [0.25, 0.3) is 0 Å². The standard InChI is InChI=1S/C19H28ClFN4O2/c1-3-7-22-18(26)13-23(2)14-19(27)25-10-8-24(9-11-25)12-15-16(20)5-4-6-17(15)21/h4-6H,3,7-14H2,1-2H3,(H,22,26)/p+2. The number of hydrogen-bond donors (Lipinski definition) is 3. The molecule has 1 aromatic rings. The first-order chi connectivity index (χ1) is 12.9. The summed E-state index contributed by atoms with van der Waals surface area (Å²) in [7, 11) is 1.85. The van der Waals surface area contributed by atoms with Crippen LogP contribution in [-0.2, 0) is 16.1 Å². The van der Waals surface area contributed by atoms with Gasteiger partial charge in [-0.3, -0.25) is 9.59 Å². The number of nitrogens with zero attached hydrogens (tertiary/aromatic N) is 1. The first kappa shape index (κ1) is 21.6. The third kappa shape index (κ3) is 6.75. The number of piperazine rings is 1. The van der Waals surface area contributed by atoms with Crippen molar-refractivity contribution < 1.29 is 23.8 Å². The van der Waals surface area contributed by atoms with E-state index in [0.29, 0.717) is 49.9 Å². The highest BCUT2D eigenvalue weighted by Crippen LogP contribution is 2.17.